The number of thioether (sulfide) groups is 1. The summed E-state index contributed by atoms with van der Waals surface area (Å²) in [4.78, 5) is 29.1. The van der Waals surface area contributed by atoms with Crippen LogP contribution in [0, 0.1) is 12.7 Å². The van der Waals surface area contributed by atoms with Crippen LogP contribution in [0.1, 0.15) is 33.5 Å². The Hall–Kier alpha value is -4.17. The molecule has 1 aromatic heterocycles. The third-order valence-electron chi connectivity index (χ3n) is 6.20. The zero-order valence-electron chi connectivity index (χ0n) is 20.9. The van der Waals surface area contributed by atoms with Crippen molar-refractivity contribution in [1.82, 2.24) is 15.1 Å². The fraction of sp³-hybridized carbons (Fsp3) is 0.167. The van der Waals surface area contributed by atoms with Crippen LogP contribution < -0.4 is 10.2 Å². The molecular weight excluding hydrogens is 499 g/mol. The standard InChI is InChI=1S/C30H27FN4O2S/c1-21-18-33-34(19-21)16-6-15-32-29(36)23-13-11-22(12-14-23)17-28-30(37)35(20-24-7-2-3-8-25(24)31)26-9-4-5-10-27(26)38-28/h2-5,7-14,17-19H,6,15-16,20H2,1H3,(H,32,36). The lowest BCUT2D eigenvalue weighted by atomic mass is 10.1. The number of benzene rings is 3. The highest BCUT2D eigenvalue weighted by atomic mass is 32.2. The predicted octanol–water partition coefficient (Wildman–Crippen LogP) is 5.83. The quantitative estimate of drug-likeness (QED) is 0.232. The lowest BCUT2D eigenvalue weighted by molar-refractivity contribution is -0.114. The lowest BCUT2D eigenvalue weighted by Gasteiger charge is -2.30. The molecule has 5 rings (SSSR count). The van der Waals surface area contributed by atoms with Gasteiger partial charge in [-0.3, -0.25) is 14.3 Å². The zero-order chi connectivity index (χ0) is 26.5. The molecule has 0 radical (unpaired) electrons. The van der Waals surface area contributed by atoms with Crippen LogP contribution in [0.2, 0.25) is 0 Å². The normalized spacial score (nSPS) is 14.0. The maximum atomic E-state index is 14.4. The maximum absolute atomic E-state index is 14.4. The second-order valence-corrected chi connectivity index (χ2v) is 10.2. The molecule has 1 aliphatic rings. The van der Waals surface area contributed by atoms with E-state index in [0.29, 0.717) is 22.6 Å². The second-order valence-electron chi connectivity index (χ2n) is 9.07. The summed E-state index contributed by atoms with van der Waals surface area (Å²) in [5, 5.41) is 7.19. The fourth-order valence-electron chi connectivity index (χ4n) is 4.23. The highest BCUT2D eigenvalue weighted by Gasteiger charge is 2.29. The fourth-order valence-corrected chi connectivity index (χ4v) is 5.29. The van der Waals surface area contributed by atoms with Gasteiger partial charge in [-0.25, -0.2) is 4.39 Å². The number of carbonyl (C=O) groups excluding carboxylic acids is 2. The molecule has 1 N–H and O–H groups in total. The number of fused-ring (bicyclic) bond motifs is 1. The third-order valence-corrected chi connectivity index (χ3v) is 7.28. The van der Waals surface area contributed by atoms with Crippen LogP contribution in [0.5, 0.6) is 0 Å². The van der Waals surface area contributed by atoms with Crippen molar-refractivity contribution < 1.29 is 14.0 Å². The minimum Gasteiger partial charge on any atom is -0.352 e. The lowest BCUT2D eigenvalue weighted by Crippen LogP contribution is -2.34. The number of anilines is 1. The summed E-state index contributed by atoms with van der Waals surface area (Å²) in [7, 11) is 0. The number of rotatable bonds is 8. The van der Waals surface area contributed by atoms with E-state index in [1.165, 1.54) is 17.8 Å². The summed E-state index contributed by atoms with van der Waals surface area (Å²) in [6, 6.07) is 21.3. The number of carbonyl (C=O) groups is 2. The van der Waals surface area contributed by atoms with Crippen LogP contribution in [-0.4, -0.2) is 28.1 Å². The number of para-hydroxylation sites is 1. The minimum atomic E-state index is -0.341. The third kappa shape index (κ3) is 5.86. The molecule has 2 amide bonds. The maximum Gasteiger partial charge on any atom is 0.265 e. The monoisotopic (exact) mass is 526 g/mol. The number of hydrogen-bond acceptors (Lipinski definition) is 4. The molecule has 4 aromatic rings. The van der Waals surface area contributed by atoms with Gasteiger partial charge in [-0.2, -0.15) is 5.10 Å². The van der Waals surface area contributed by atoms with Crippen molar-refractivity contribution in [1.29, 1.82) is 0 Å². The number of nitrogens with zero attached hydrogens (tertiary/aromatic N) is 3. The topological polar surface area (TPSA) is 67.2 Å². The predicted molar refractivity (Wildman–Crippen MR) is 148 cm³/mol. The molecular formula is C30H27FN4O2S. The molecule has 6 nitrogen and oxygen atoms in total. The number of amides is 2. The summed E-state index contributed by atoms with van der Waals surface area (Å²) in [5.41, 5.74) is 3.68. The smallest absolute Gasteiger partial charge is 0.265 e. The van der Waals surface area contributed by atoms with Crippen LogP contribution in [-0.2, 0) is 17.9 Å². The number of halogens is 1. The largest absolute Gasteiger partial charge is 0.352 e. The van der Waals surface area contributed by atoms with E-state index in [2.05, 4.69) is 10.4 Å². The Morgan fingerprint density at radius 3 is 2.58 bits per heavy atom. The van der Waals surface area contributed by atoms with Crippen molar-refractivity contribution in [3.05, 3.63) is 118 Å². The molecule has 0 spiro atoms. The van der Waals surface area contributed by atoms with Crippen molar-refractivity contribution in [2.45, 2.75) is 31.3 Å². The number of hydrogen-bond donors (Lipinski definition) is 1. The molecule has 0 unspecified atom stereocenters. The number of nitrogens with one attached hydrogen (secondary N) is 1. The first kappa shape index (κ1) is 25.5. The van der Waals surface area contributed by atoms with Crippen LogP contribution in [0.4, 0.5) is 10.1 Å². The molecule has 38 heavy (non-hydrogen) atoms. The molecule has 3 aromatic carbocycles. The Bertz CT molecular complexity index is 1500. The Kier molecular flexibility index (Phi) is 7.70. The Balaban J connectivity index is 1.27. The van der Waals surface area contributed by atoms with Gasteiger partial charge in [0.25, 0.3) is 11.8 Å². The van der Waals surface area contributed by atoms with Crippen LogP contribution >= 0.6 is 11.8 Å². The first-order valence-corrected chi connectivity index (χ1v) is 13.2. The van der Waals surface area contributed by atoms with E-state index in [9.17, 15) is 14.0 Å². The van der Waals surface area contributed by atoms with Gasteiger partial charge in [0.1, 0.15) is 5.82 Å². The van der Waals surface area contributed by atoms with Gasteiger partial charge in [0.15, 0.2) is 0 Å². The first-order valence-electron chi connectivity index (χ1n) is 12.4. The van der Waals surface area contributed by atoms with E-state index in [1.807, 2.05) is 66.5 Å². The van der Waals surface area contributed by atoms with E-state index < -0.39 is 0 Å². The molecule has 0 saturated heterocycles. The van der Waals surface area contributed by atoms with Crippen LogP contribution in [0.3, 0.4) is 0 Å². The van der Waals surface area contributed by atoms with E-state index in [-0.39, 0.29) is 24.2 Å². The van der Waals surface area contributed by atoms with Gasteiger partial charge in [-0.15, -0.1) is 0 Å². The van der Waals surface area contributed by atoms with E-state index >= 15 is 0 Å². The van der Waals surface area contributed by atoms with Crippen molar-refractivity contribution in [3.63, 3.8) is 0 Å². The summed E-state index contributed by atoms with van der Waals surface area (Å²) >= 11 is 1.39. The Morgan fingerprint density at radius 1 is 1.05 bits per heavy atom. The van der Waals surface area contributed by atoms with Crippen LogP contribution in [0.15, 0.2) is 95.0 Å². The Labute approximate surface area is 225 Å². The van der Waals surface area contributed by atoms with Gasteiger partial charge in [0, 0.05) is 35.3 Å². The molecule has 2 heterocycles. The average Bonchev–Trinajstić information content (AvgIpc) is 3.35. The number of aromatic nitrogens is 2. The van der Waals surface area contributed by atoms with Crippen molar-refractivity contribution in [2.75, 3.05) is 11.4 Å². The molecule has 192 valence electrons. The summed E-state index contributed by atoms with van der Waals surface area (Å²) in [5.74, 6) is -0.674. The molecule has 0 aliphatic carbocycles. The Morgan fingerprint density at radius 2 is 1.82 bits per heavy atom. The molecule has 1 aliphatic heterocycles. The average molecular weight is 527 g/mol. The SMILES string of the molecule is Cc1cnn(CCCNC(=O)c2ccc(C=C3Sc4ccccc4N(Cc4ccccc4F)C3=O)cc2)c1. The summed E-state index contributed by atoms with van der Waals surface area (Å²) < 4.78 is 16.2. The van der Waals surface area contributed by atoms with Gasteiger partial charge < -0.3 is 10.2 Å². The van der Waals surface area contributed by atoms with E-state index in [1.54, 1.807) is 35.2 Å². The van der Waals surface area contributed by atoms with Crippen LogP contribution in [0.25, 0.3) is 6.08 Å². The summed E-state index contributed by atoms with van der Waals surface area (Å²) in [6.45, 7) is 3.42. The molecule has 8 heteroatoms. The van der Waals surface area contributed by atoms with Gasteiger partial charge in [-0.1, -0.05) is 54.2 Å². The van der Waals surface area contributed by atoms with Gasteiger partial charge >= 0.3 is 0 Å². The summed E-state index contributed by atoms with van der Waals surface area (Å²) in [6.07, 6.45) is 6.38. The highest BCUT2D eigenvalue weighted by Crippen LogP contribution is 2.42. The zero-order valence-corrected chi connectivity index (χ0v) is 21.7. The second kappa shape index (κ2) is 11.5. The van der Waals surface area contributed by atoms with Gasteiger partial charge in [0.2, 0.25) is 0 Å². The molecule has 0 fully saturated rings. The first-order chi connectivity index (χ1) is 18.5. The van der Waals surface area contributed by atoms with Crippen molar-refractivity contribution >= 4 is 35.3 Å². The molecule has 0 atom stereocenters. The van der Waals surface area contributed by atoms with E-state index in [0.717, 1.165) is 34.7 Å². The van der Waals surface area contributed by atoms with Gasteiger partial charge in [-0.05, 0) is 60.9 Å². The van der Waals surface area contributed by atoms with E-state index in [4.69, 9.17) is 0 Å². The minimum absolute atomic E-state index is 0.138. The van der Waals surface area contributed by atoms with Crippen molar-refractivity contribution in [3.8, 4) is 0 Å². The van der Waals surface area contributed by atoms with Gasteiger partial charge in [0.05, 0.1) is 23.3 Å². The van der Waals surface area contributed by atoms with Crippen molar-refractivity contribution in [2.24, 2.45) is 0 Å². The molecule has 0 saturated carbocycles. The molecule has 0 bridgehead atoms. The highest BCUT2D eigenvalue weighted by molar-refractivity contribution is 8.04. The number of aryl methyl sites for hydroxylation is 2.